The van der Waals surface area contributed by atoms with Crippen LogP contribution in [0.15, 0.2) is 18.2 Å². The van der Waals surface area contributed by atoms with Crippen LogP contribution < -0.4 is 5.32 Å². The van der Waals surface area contributed by atoms with Crippen molar-refractivity contribution in [3.8, 4) is 0 Å². The number of rotatable bonds is 9. The van der Waals surface area contributed by atoms with Gasteiger partial charge in [0.1, 0.15) is 0 Å². The second-order valence-corrected chi connectivity index (χ2v) is 12.4. The summed E-state index contributed by atoms with van der Waals surface area (Å²) >= 11 is 5.94. The summed E-state index contributed by atoms with van der Waals surface area (Å²) in [5.41, 5.74) is -1.01. The SMILES string of the molecule is O=C(NCC1(CC2CC2)CC(CS(=O)(=O)CC2CC2)C1)c1ccc(C(F)(F)F)cc1Cl. The summed E-state index contributed by atoms with van der Waals surface area (Å²) in [4.78, 5) is 12.6. The van der Waals surface area contributed by atoms with Gasteiger partial charge in [0.15, 0.2) is 9.84 Å². The Kier molecular flexibility index (Phi) is 6.09. The van der Waals surface area contributed by atoms with E-state index in [0.717, 1.165) is 63.1 Å². The lowest BCUT2D eigenvalue weighted by Gasteiger charge is -2.48. The molecule has 3 aliphatic rings. The molecule has 1 N–H and O–H groups in total. The maximum absolute atomic E-state index is 12.8. The van der Waals surface area contributed by atoms with Crippen molar-refractivity contribution in [1.82, 2.24) is 5.32 Å². The molecule has 0 bridgehead atoms. The topological polar surface area (TPSA) is 63.2 Å². The average Bonchev–Trinajstić information content (AvgIpc) is 3.54. The maximum Gasteiger partial charge on any atom is 0.416 e. The van der Waals surface area contributed by atoms with E-state index in [-0.39, 0.29) is 27.7 Å². The minimum Gasteiger partial charge on any atom is -0.351 e. The molecule has 0 aliphatic heterocycles. The van der Waals surface area contributed by atoms with E-state index in [1.807, 2.05) is 0 Å². The number of nitrogens with one attached hydrogen (secondary N) is 1. The van der Waals surface area contributed by atoms with E-state index in [9.17, 15) is 26.4 Å². The van der Waals surface area contributed by atoms with E-state index in [0.29, 0.717) is 24.1 Å². The van der Waals surface area contributed by atoms with Crippen molar-refractivity contribution in [2.24, 2.45) is 23.2 Å². The highest BCUT2D eigenvalue weighted by Gasteiger charge is 2.48. The summed E-state index contributed by atoms with van der Waals surface area (Å²) in [6, 6.07) is 2.72. The molecule has 0 aromatic heterocycles. The molecular formula is C22H27ClF3NO3S. The first-order valence-corrected chi connectivity index (χ1v) is 13.0. The molecule has 1 amide bonds. The third-order valence-corrected chi connectivity index (χ3v) is 8.97. The Labute approximate surface area is 185 Å². The molecular weight excluding hydrogens is 451 g/mol. The van der Waals surface area contributed by atoms with Crippen LogP contribution in [-0.4, -0.2) is 32.4 Å². The van der Waals surface area contributed by atoms with Crippen molar-refractivity contribution in [1.29, 1.82) is 0 Å². The highest BCUT2D eigenvalue weighted by atomic mass is 35.5. The zero-order valence-electron chi connectivity index (χ0n) is 17.2. The first-order chi connectivity index (χ1) is 14.4. The molecule has 1 aromatic carbocycles. The van der Waals surface area contributed by atoms with E-state index in [2.05, 4.69) is 5.32 Å². The standard InChI is InChI=1S/C22H27ClF3NO3S/c23-19-7-17(22(24,25)26)5-6-18(19)20(28)27-13-21(8-14-1-2-14)9-16(10-21)12-31(29,30)11-15-3-4-15/h5-7,14-16H,1-4,8-13H2,(H,27,28). The quantitative estimate of drug-likeness (QED) is 0.537. The van der Waals surface area contributed by atoms with Crippen molar-refractivity contribution in [2.45, 2.75) is 51.1 Å². The van der Waals surface area contributed by atoms with Crippen LogP contribution >= 0.6 is 11.6 Å². The molecule has 0 atom stereocenters. The number of benzene rings is 1. The largest absolute Gasteiger partial charge is 0.416 e. The zero-order valence-corrected chi connectivity index (χ0v) is 18.8. The van der Waals surface area contributed by atoms with Gasteiger partial charge in [-0.2, -0.15) is 13.2 Å². The highest BCUT2D eigenvalue weighted by molar-refractivity contribution is 7.91. The van der Waals surface area contributed by atoms with Crippen LogP contribution in [0.2, 0.25) is 5.02 Å². The van der Waals surface area contributed by atoms with Crippen LogP contribution in [0.25, 0.3) is 0 Å². The summed E-state index contributed by atoms with van der Waals surface area (Å²) in [6.45, 7) is 0.388. The van der Waals surface area contributed by atoms with Crippen molar-refractivity contribution in [2.75, 3.05) is 18.1 Å². The predicted molar refractivity (Wildman–Crippen MR) is 113 cm³/mol. The van der Waals surface area contributed by atoms with Crippen LogP contribution in [0, 0.1) is 23.2 Å². The van der Waals surface area contributed by atoms with Gasteiger partial charge in [-0.15, -0.1) is 0 Å². The Morgan fingerprint density at radius 2 is 1.68 bits per heavy atom. The molecule has 4 nitrogen and oxygen atoms in total. The number of sulfone groups is 1. The first-order valence-electron chi connectivity index (χ1n) is 10.8. The van der Waals surface area contributed by atoms with E-state index in [4.69, 9.17) is 11.6 Å². The van der Waals surface area contributed by atoms with E-state index < -0.39 is 27.5 Å². The predicted octanol–water partition coefficient (Wildman–Crippen LogP) is 5.11. The highest BCUT2D eigenvalue weighted by Crippen LogP contribution is 2.54. The Morgan fingerprint density at radius 3 is 2.23 bits per heavy atom. The summed E-state index contributed by atoms with van der Waals surface area (Å²) in [5.74, 6) is 1.09. The van der Waals surface area contributed by atoms with Gasteiger partial charge < -0.3 is 5.32 Å². The van der Waals surface area contributed by atoms with Crippen molar-refractivity contribution >= 4 is 27.3 Å². The molecule has 0 spiro atoms. The van der Waals surface area contributed by atoms with E-state index in [1.165, 1.54) is 0 Å². The van der Waals surface area contributed by atoms with Gasteiger partial charge in [0.05, 0.1) is 27.7 Å². The monoisotopic (exact) mass is 477 g/mol. The molecule has 172 valence electrons. The number of amides is 1. The van der Waals surface area contributed by atoms with E-state index >= 15 is 0 Å². The molecule has 0 saturated heterocycles. The van der Waals surface area contributed by atoms with Gasteiger partial charge in [-0.3, -0.25) is 4.79 Å². The van der Waals surface area contributed by atoms with Crippen LogP contribution in [0.5, 0.6) is 0 Å². The second-order valence-electron chi connectivity index (χ2n) is 9.82. The number of alkyl halides is 3. The molecule has 4 rings (SSSR count). The normalized spacial score (nSPS) is 26.4. The fraction of sp³-hybridized carbons (Fsp3) is 0.682. The molecule has 3 aliphatic carbocycles. The molecule has 31 heavy (non-hydrogen) atoms. The Bertz CT molecular complexity index is 949. The van der Waals surface area contributed by atoms with Gasteiger partial charge in [-0.05, 0) is 73.5 Å². The van der Waals surface area contributed by atoms with E-state index in [1.54, 1.807) is 0 Å². The number of hydrogen-bond donors (Lipinski definition) is 1. The summed E-state index contributed by atoms with van der Waals surface area (Å²) < 4.78 is 63.1. The van der Waals surface area contributed by atoms with Crippen molar-refractivity contribution < 1.29 is 26.4 Å². The first kappa shape index (κ1) is 22.9. The minimum absolute atomic E-state index is 0.0131. The minimum atomic E-state index is -4.52. The Hall–Kier alpha value is -1.28. The molecule has 1 aromatic rings. The van der Waals surface area contributed by atoms with Gasteiger partial charge in [0, 0.05) is 6.54 Å². The molecule has 3 fully saturated rings. The molecule has 9 heteroatoms. The number of hydrogen-bond acceptors (Lipinski definition) is 3. The molecule has 3 saturated carbocycles. The Morgan fingerprint density at radius 1 is 1.06 bits per heavy atom. The van der Waals surface area contributed by atoms with Crippen LogP contribution in [0.1, 0.15) is 60.9 Å². The van der Waals surface area contributed by atoms with Crippen LogP contribution in [0.3, 0.4) is 0 Å². The smallest absolute Gasteiger partial charge is 0.351 e. The molecule has 0 heterocycles. The zero-order chi connectivity index (χ0) is 22.4. The second kappa shape index (κ2) is 8.25. The number of carbonyl (C=O) groups is 1. The molecule has 0 unspecified atom stereocenters. The molecule has 0 radical (unpaired) electrons. The van der Waals surface area contributed by atoms with Crippen molar-refractivity contribution in [3.63, 3.8) is 0 Å². The third-order valence-electron chi connectivity index (χ3n) is 6.70. The van der Waals surface area contributed by atoms with Crippen LogP contribution in [0.4, 0.5) is 13.2 Å². The third kappa shape index (κ3) is 5.95. The fourth-order valence-corrected chi connectivity index (χ4v) is 7.32. The Balaban J connectivity index is 1.35. The number of carbonyl (C=O) groups excluding carboxylic acids is 1. The van der Waals surface area contributed by atoms with Gasteiger partial charge in [0.25, 0.3) is 5.91 Å². The summed E-state index contributed by atoms with van der Waals surface area (Å²) in [5, 5.41) is 2.61. The summed E-state index contributed by atoms with van der Waals surface area (Å²) in [6.07, 6.45) is 2.28. The van der Waals surface area contributed by atoms with Gasteiger partial charge in [-0.25, -0.2) is 8.42 Å². The lowest BCUT2D eigenvalue weighted by atomic mass is 9.60. The lowest BCUT2D eigenvalue weighted by molar-refractivity contribution is -0.137. The van der Waals surface area contributed by atoms with Gasteiger partial charge in [-0.1, -0.05) is 24.4 Å². The average molecular weight is 478 g/mol. The maximum atomic E-state index is 12.8. The van der Waals surface area contributed by atoms with Crippen molar-refractivity contribution in [3.05, 3.63) is 34.3 Å². The number of halogens is 4. The van der Waals surface area contributed by atoms with Gasteiger partial charge >= 0.3 is 6.18 Å². The summed E-state index contributed by atoms with van der Waals surface area (Å²) in [7, 11) is -3.03. The van der Waals surface area contributed by atoms with Crippen LogP contribution in [-0.2, 0) is 16.0 Å². The lowest BCUT2D eigenvalue weighted by Crippen LogP contribution is -2.48. The van der Waals surface area contributed by atoms with Gasteiger partial charge in [0.2, 0.25) is 0 Å². The fourth-order valence-electron chi connectivity index (χ4n) is 4.91.